The number of hydrogen-bond donors (Lipinski definition) is 1. The summed E-state index contributed by atoms with van der Waals surface area (Å²) in [5.74, 6) is -0.270. The first-order valence-electron chi connectivity index (χ1n) is 6.68. The monoisotopic (exact) mass is 311 g/mol. The van der Waals surface area contributed by atoms with Crippen LogP contribution in [0, 0.1) is 28.4 Å². The van der Waals surface area contributed by atoms with Gasteiger partial charge in [-0.2, -0.15) is 5.26 Å². The van der Waals surface area contributed by atoms with Gasteiger partial charge in [-0.3, -0.25) is 14.9 Å². The lowest BCUT2D eigenvalue weighted by Gasteiger charge is -2.09. The van der Waals surface area contributed by atoms with Crippen LogP contribution >= 0.6 is 0 Å². The van der Waals surface area contributed by atoms with E-state index in [1.165, 1.54) is 12.1 Å². The van der Waals surface area contributed by atoms with Crippen LogP contribution in [0.15, 0.2) is 42.5 Å². The molecule has 23 heavy (non-hydrogen) atoms. The highest BCUT2D eigenvalue weighted by molar-refractivity contribution is 5.94. The standard InChI is InChI=1S/C16H13N3O4/c1-11-6-7-13(14(8-11)19(21)22)18-16(20)10-23-15-5-3-2-4-12(15)9-17/h2-8H,10H2,1H3,(H,18,20). The summed E-state index contributed by atoms with van der Waals surface area (Å²) in [5.41, 5.74) is 0.939. The smallest absolute Gasteiger partial charge is 0.293 e. The quantitative estimate of drug-likeness (QED) is 0.675. The molecule has 0 aromatic heterocycles. The molecule has 1 N–H and O–H groups in total. The highest BCUT2D eigenvalue weighted by atomic mass is 16.6. The van der Waals surface area contributed by atoms with Crippen molar-refractivity contribution < 1.29 is 14.5 Å². The first-order valence-corrected chi connectivity index (χ1v) is 6.68. The van der Waals surface area contributed by atoms with Gasteiger partial charge in [0.2, 0.25) is 0 Å². The van der Waals surface area contributed by atoms with Crippen molar-refractivity contribution in [3.63, 3.8) is 0 Å². The number of nitrogens with zero attached hydrogens (tertiary/aromatic N) is 2. The summed E-state index contributed by atoms with van der Waals surface area (Å²) in [6.45, 7) is 1.37. The molecule has 0 radical (unpaired) electrons. The minimum atomic E-state index is -0.561. The molecule has 116 valence electrons. The van der Waals surface area contributed by atoms with E-state index in [9.17, 15) is 14.9 Å². The average Bonchev–Trinajstić information content (AvgIpc) is 2.54. The van der Waals surface area contributed by atoms with E-state index in [-0.39, 0.29) is 23.7 Å². The van der Waals surface area contributed by atoms with Crippen LogP contribution in [-0.2, 0) is 4.79 Å². The Hall–Kier alpha value is -3.40. The number of benzene rings is 2. The fourth-order valence-corrected chi connectivity index (χ4v) is 1.91. The normalized spacial score (nSPS) is 9.74. The minimum Gasteiger partial charge on any atom is -0.482 e. The Labute approximate surface area is 132 Å². The molecule has 2 aromatic carbocycles. The van der Waals surface area contributed by atoms with Gasteiger partial charge in [0.1, 0.15) is 17.5 Å². The van der Waals surface area contributed by atoms with E-state index in [4.69, 9.17) is 10.00 Å². The third-order valence-electron chi connectivity index (χ3n) is 2.99. The number of nitriles is 1. The van der Waals surface area contributed by atoms with E-state index in [0.717, 1.165) is 0 Å². The van der Waals surface area contributed by atoms with Gasteiger partial charge in [-0.05, 0) is 30.7 Å². The number of nitro groups is 1. The summed E-state index contributed by atoms with van der Waals surface area (Å²) in [7, 11) is 0. The summed E-state index contributed by atoms with van der Waals surface area (Å²) in [5, 5.41) is 22.4. The number of amides is 1. The van der Waals surface area contributed by atoms with Crippen molar-refractivity contribution in [2.75, 3.05) is 11.9 Å². The summed E-state index contributed by atoms with van der Waals surface area (Å²) >= 11 is 0. The first-order chi connectivity index (χ1) is 11.0. The van der Waals surface area contributed by atoms with E-state index >= 15 is 0 Å². The van der Waals surface area contributed by atoms with Crippen molar-refractivity contribution in [2.24, 2.45) is 0 Å². The molecule has 0 bridgehead atoms. The van der Waals surface area contributed by atoms with Crippen molar-refractivity contribution in [3.8, 4) is 11.8 Å². The molecule has 0 spiro atoms. The number of anilines is 1. The summed E-state index contributed by atoms with van der Waals surface area (Å²) in [6, 6.07) is 13.0. The molecule has 0 atom stereocenters. The molecule has 1 amide bonds. The largest absolute Gasteiger partial charge is 0.482 e. The SMILES string of the molecule is Cc1ccc(NC(=O)COc2ccccc2C#N)c([N+](=O)[O-])c1. The van der Waals surface area contributed by atoms with Crippen molar-refractivity contribution in [3.05, 3.63) is 63.7 Å². The van der Waals surface area contributed by atoms with Gasteiger partial charge in [-0.15, -0.1) is 0 Å². The van der Waals surface area contributed by atoms with Crippen LogP contribution in [0.5, 0.6) is 5.75 Å². The molecule has 7 nitrogen and oxygen atoms in total. The van der Waals surface area contributed by atoms with Crippen LogP contribution in [0.3, 0.4) is 0 Å². The molecule has 0 fully saturated rings. The van der Waals surface area contributed by atoms with Gasteiger partial charge in [-0.1, -0.05) is 18.2 Å². The van der Waals surface area contributed by atoms with Gasteiger partial charge < -0.3 is 10.1 Å². The number of para-hydroxylation sites is 1. The van der Waals surface area contributed by atoms with E-state index in [1.54, 1.807) is 37.3 Å². The van der Waals surface area contributed by atoms with Crippen LogP contribution in [0.4, 0.5) is 11.4 Å². The minimum absolute atomic E-state index is 0.0998. The van der Waals surface area contributed by atoms with Crippen molar-refractivity contribution in [1.82, 2.24) is 0 Å². The molecular weight excluding hydrogens is 298 g/mol. The number of carbonyl (C=O) groups excluding carboxylic acids is 1. The molecule has 0 aliphatic heterocycles. The average molecular weight is 311 g/mol. The van der Waals surface area contributed by atoms with Crippen LogP contribution in [-0.4, -0.2) is 17.4 Å². The van der Waals surface area contributed by atoms with Crippen molar-refractivity contribution in [2.45, 2.75) is 6.92 Å². The Kier molecular flexibility index (Phi) is 4.89. The van der Waals surface area contributed by atoms with Gasteiger partial charge in [0.05, 0.1) is 10.5 Å². The second-order valence-electron chi connectivity index (χ2n) is 4.72. The Morgan fingerprint density at radius 1 is 1.35 bits per heavy atom. The number of nitro benzene ring substituents is 1. The maximum Gasteiger partial charge on any atom is 0.293 e. The fraction of sp³-hybridized carbons (Fsp3) is 0.125. The molecule has 2 aromatic rings. The molecule has 0 heterocycles. The van der Waals surface area contributed by atoms with E-state index in [0.29, 0.717) is 11.1 Å². The van der Waals surface area contributed by atoms with Crippen LogP contribution < -0.4 is 10.1 Å². The number of nitrogens with one attached hydrogen (secondary N) is 1. The second-order valence-corrected chi connectivity index (χ2v) is 4.72. The highest BCUT2D eigenvalue weighted by Crippen LogP contribution is 2.25. The zero-order valence-electron chi connectivity index (χ0n) is 12.3. The Morgan fingerprint density at radius 2 is 2.09 bits per heavy atom. The first kappa shape index (κ1) is 16.0. The molecule has 0 aliphatic carbocycles. The van der Waals surface area contributed by atoms with E-state index in [1.807, 2.05) is 6.07 Å². The number of carbonyl (C=O) groups is 1. The summed E-state index contributed by atoms with van der Waals surface area (Å²) in [6.07, 6.45) is 0. The second kappa shape index (κ2) is 7.04. The summed E-state index contributed by atoms with van der Waals surface area (Å²) in [4.78, 5) is 22.3. The van der Waals surface area contributed by atoms with Crippen LogP contribution in [0.2, 0.25) is 0 Å². The molecule has 0 saturated carbocycles. The number of aryl methyl sites for hydroxylation is 1. The molecule has 0 aliphatic rings. The Balaban J connectivity index is 2.06. The maximum atomic E-state index is 11.9. The van der Waals surface area contributed by atoms with Crippen LogP contribution in [0.1, 0.15) is 11.1 Å². The van der Waals surface area contributed by atoms with Gasteiger partial charge in [-0.25, -0.2) is 0 Å². The van der Waals surface area contributed by atoms with Crippen LogP contribution in [0.25, 0.3) is 0 Å². The highest BCUT2D eigenvalue weighted by Gasteiger charge is 2.16. The van der Waals surface area contributed by atoms with Crippen molar-refractivity contribution >= 4 is 17.3 Å². The maximum absolute atomic E-state index is 11.9. The topological polar surface area (TPSA) is 105 Å². The lowest BCUT2D eigenvalue weighted by atomic mass is 10.2. The third-order valence-corrected chi connectivity index (χ3v) is 2.99. The number of hydrogen-bond acceptors (Lipinski definition) is 5. The molecule has 2 rings (SSSR count). The van der Waals surface area contributed by atoms with Gasteiger partial charge in [0.25, 0.3) is 11.6 Å². The van der Waals surface area contributed by atoms with E-state index in [2.05, 4.69) is 5.32 Å². The predicted molar refractivity (Wildman–Crippen MR) is 83.1 cm³/mol. The third kappa shape index (κ3) is 4.04. The lowest BCUT2D eigenvalue weighted by molar-refractivity contribution is -0.384. The molecule has 0 saturated heterocycles. The van der Waals surface area contributed by atoms with Gasteiger partial charge in [0, 0.05) is 6.07 Å². The zero-order valence-corrected chi connectivity index (χ0v) is 12.3. The molecule has 0 unspecified atom stereocenters. The molecular formula is C16H13N3O4. The summed E-state index contributed by atoms with van der Waals surface area (Å²) < 4.78 is 5.28. The van der Waals surface area contributed by atoms with Gasteiger partial charge >= 0.3 is 0 Å². The fourth-order valence-electron chi connectivity index (χ4n) is 1.91. The Morgan fingerprint density at radius 3 is 2.78 bits per heavy atom. The van der Waals surface area contributed by atoms with Gasteiger partial charge in [0.15, 0.2) is 6.61 Å². The number of ether oxygens (including phenoxy) is 1. The lowest BCUT2D eigenvalue weighted by Crippen LogP contribution is -2.21. The molecule has 7 heteroatoms. The predicted octanol–water partition coefficient (Wildman–Crippen LogP) is 2.79. The van der Waals surface area contributed by atoms with Crippen molar-refractivity contribution in [1.29, 1.82) is 5.26 Å². The van der Waals surface area contributed by atoms with E-state index < -0.39 is 10.8 Å². The zero-order chi connectivity index (χ0) is 16.8. The Bertz CT molecular complexity index is 796. The number of rotatable bonds is 5.